The Hall–Kier alpha value is -2.56. The maximum Gasteiger partial charge on any atom is 0.238 e. The lowest BCUT2D eigenvalue weighted by Gasteiger charge is -2.34. The molecule has 2 aromatic rings. The van der Waals surface area contributed by atoms with Crippen LogP contribution >= 0.6 is 11.8 Å². The molecule has 1 aromatic carbocycles. The zero-order valence-electron chi connectivity index (χ0n) is 14.5. The highest BCUT2D eigenvalue weighted by atomic mass is 32.2. The van der Waals surface area contributed by atoms with Gasteiger partial charge in [-0.25, -0.2) is 4.98 Å². The third-order valence-electron chi connectivity index (χ3n) is 4.17. The number of rotatable bonds is 6. The number of para-hydroxylation sites is 1. The summed E-state index contributed by atoms with van der Waals surface area (Å²) in [7, 11) is 0. The van der Waals surface area contributed by atoms with Gasteiger partial charge in [-0.1, -0.05) is 18.2 Å². The van der Waals surface area contributed by atoms with Crippen molar-refractivity contribution in [3.63, 3.8) is 0 Å². The molecule has 1 aliphatic rings. The van der Waals surface area contributed by atoms with Gasteiger partial charge in [-0.2, -0.15) is 5.26 Å². The largest absolute Gasteiger partial charge is 0.354 e. The highest BCUT2D eigenvalue weighted by Crippen LogP contribution is 2.26. The second-order valence-corrected chi connectivity index (χ2v) is 6.96. The molecule has 1 aliphatic heterocycles. The quantitative estimate of drug-likeness (QED) is 0.791. The Morgan fingerprint density at radius 3 is 2.65 bits per heavy atom. The van der Waals surface area contributed by atoms with Crippen molar-refractivity contribution in [2.45, 2.75) is 4.90 Å². The first-order chi connectivity index (χ1) is 12.8. The summed E-state index contributed by atoms with van der Waals surface area (Å²) in [6.07, 6.45) is 1.80. The molecule has 0 aliphatic carbocycles. The van der Waals surface area contributed by atoms with E-state index in [2.05, 4.69) is 26.2 Å². The van der Waals surface area contributed by atoms with Crippen LogP contribution in [0, 0.1) is 11.3 Å². The smallest absolute Gasteiger partial charge is 0.238 e. The highest BCUT2D eigenvalue weighted by molar-refractivity contribution is 7.99. The van der Waals surface area contributed by atoms with Crippen LogP contribution in [0.2, 0.25) is 0 Å². The molecule has 0 bridgehead atoms. The number of aromatic nitrogens is 1. The summed E-state index contributed by atoms with van der Waals surface area (Å²) in [5.41, 5.74) is 0.768. The van der Waals surface area contributed by atoms with Crippen molar-refractivity contribution in [3.8, 4) is 6.07 Å². The summed E-state index contributed by atoms with van der Waals surface area (Å²) in [4.78, 5) is 22.1. The van der Waals surface area contributed by atoms with Crippen LogP contribution < -0.4 is 10.2 Å². The van der Waals surface area contributed by atoms with Crippen molar-refractivity contribution in [2.75, 3.05) is 48.7 Å². The van der Waals surface area contributed by atoms with Crippen LogP contribution in [0.1, 0.15) is 0 Å². The van der Waals surface area contributed by atoms with E-state index >= 15 is 0 Å². The predicted octanol–water partition coefficient (Wildman–Crippen LogP) is 2.46. The Balaban J connectivity index is 1.50. The van der Waals surface area contributed by atoms with Gasteiger partial charge in [0.25, 0.3) is 0 Å². The van der Waals surface area contributed by atoms with Gasteiger partial charge in [-0.15, -0.1) is 11.8 Å². The van der Waals surface area contributed by atoms with Gasteiger partial charge in [0.05, 0.1) is 24.1 Å². The minimum atomic E-state index is -0.0266. The number of benzene rings is 1. The predicted molar refractivity (Wildman–Crippen MR) is 104 cm³/mol. The Morgan fingerprint density at radius 2 is 1.92 bits per heavy atom. The number of piperazine rings is 1. The second-order valence-electron chi connectivity index (χ2n) is 5.94. The summed E-state index contributed by atoms with van der Waals surface area (Å²) in [5.74, 6) is 1.32. The van der Waals surface area contributed by atoms with Gasteiger partial charge < -0.3 is 10.2 Å². The number of pyridine rings is 1. The normalized spacial score (nSPS) is 14.7. The molecule has 0 spiro atoms. The molecular formula is C19H21N5OS. The Labute approximate surface area is 157 Å². The van der Waals surface area contributed by atoms with Gasteiger partial charge in [0.1, 0.15) is 5.82 Å². The molecule has 1 amide bonds. The minimum Gasteiger partial charge on any atom is -0.354 e. The zero-order chi connectivity index (χ0) is 18.2. The summed E-state index contributed by atoms with van der Waals surface area (Å²) < 4.78 is 0. The summed E-state index contributed by atoms with van der Waals surface area (Å²) in [6, 6.07) is 15.6. The number of amides is 1. The van der Waals surface area contributed by atoms with Crippen molar-refractivity contribution in [1.29, 1.82) is 5.26 Å². The molecule has 26 heavy (non-hydrogen) atoms. The summed E-state index contributed by atoms with van der Waals surface area (Å²) in [5, 5.41) is 11.7. The number of hydrogen-bond donors (Lipinski definition) is 1. The second kappa shape index (κ2) is 9.22. The van der Waals surface area contributed by atoms with Crippen molar-refractivity contribution < 1.29 is 4.79 Å². The molecule has 1 fully saturated rings. The van der Waals surface area contributed by atoms with Crippen molar-refractivity contribution in [2.24, 2.45) is 0 Å². The van der Waals surface area contributed by atoms with Crippen LogP contribution in [0.5, 0.6) is 0 Å². The molecule has 7 heteroatoms. The Morgan fingerprint density at radius 1 is 1.15 bits per heavy atom. The summed E-state index contributed by atoms with van der Waals surface area (Å²) in [6.45, 7) is 3.74. The molecule has 134 valence electrons. The third kappa shape index (κ3) is 4.97. The molecule has 0 radical (unpaired) electrons. The minimum absolute atomic E-state index is 0.0266. The maximum atomic E-state index is 12.4. The Kier molecular flexibility index (Phi) is 6.47. The third-order valence-corrected chi connectivity index (χ3v) is 5.11. The maximum absolute atomic E-state index is 12.4. The highest BCUT2D eigenvalue weighted by Gasteiger charge is 2.20. The number of nitriles is 1. The van der Waals surface area contributed by atoms with Crippen LogP contribution in [0.3, 0.4) is 0 Å². The first kappa shape index (κ1) is 18.2. The number of thioether (sulfide) groups is 1. The van der Waals surface area contributed by atoms with Crippen LogP contribution in [-0.4, -0.2) is 54.3 Å². The van der Waals surface area contributed by atoms with E-state index in [0.717, 1.165) is 42.6 Å². The van der Waals surface area contributed by atoms with E-state index in [1.54, 1.807) is 6.20 Å². The van der Waals surface area contributed by atoms with Crippen LogP contribution in [0.25, 0.3) is 0 Å². The van der Waals surface area contributed by atoms with Crippen LogP contribution in [-0.2, 0) is 4.79 Å². The average molecular weight is 367 g/mol. The van der Waals surface area contributed by atoms with Crippen LogP contribution in [0.4, 0.5) is 11.5 Å². The lowest BCUT2D eigenvalue weighted by atomic mass is 10.3. The van der Waals surface area contributed by atoms with E-state index in [4.69, 9.17) is 5.26 Å². The molecule has 0 unspecified atom stereocenters. The fourth-order valence-electron chi connectivity index (χ4n) is 2.87. The van der Waals surface area contributed by atoms with E-state index in [0.29, 0.717) is 12.3 Å². The first-order valence-corrected chi connectivity index (χ1v) is 9.52. The van der Waals surface area contributed by atoms with Crippen LogP contribution in [0.15, 0.2) is 53.6 Å². The van der Waals surface area contributed by atoms with E-state index in [9.17, 15) is 4.79 Å². The van der Waals surface area contributed by atoms with E-state index in [-0.39, 0.29) is 5.91 Å². The zero-order valence-corrected chi connectivity index (χ0v) is 15.3. The van der Waals surface area contributed by atoms with E-state index in [1.807, 2.05) is 42.5 Å². The van der Waals surface area contributed by atoms with Gasteiger partial charge in [-0.3, -0.25) is 9.69 Å². The lowest BCUT2D eigenvalue weighted by Crippen LogP contribution is -2.48. The standard InChI is InChI=1S/C19H21N5OS/c20-8-14-26-17-6-2-1-5-16(17)22-19(25)15-23-10-12-24(13-11-23)18-7-3-4-9-21-18/h1-7,9H,10-15H2,(H,22,25). The molecular weight excluding hydrogens is 346 g/mol. The van der Waals surface area contributed by atoms with Crippen molar-refractivity contribution >= 4 is 29.2 Å². The average Bonchev–Trinajstić information content (AvgIpc) is 2.68. The fourth-order valence-corrected chi connectivity index (χ4v) is 3.54. The molecule has 0 saturated carbocycles. The Bertz CT molecular complexity index is 769. The molecule has 6 nitrogen and oxygen atoms in total. The van der Waals surface area contributed by atoms with Gasteiger partial charge in [0.2, 0.25) is 5.91 Å². The number of anilines is 2. The molecule has 1 N–H and O–H groups in total. The van der Waals surface area contributed by atoms with Gasteiger partial charge in [0, 0.05) is 37.3 Å². The molecule has 1 saturated heterocycles. The molecule has 1 aromatic heterocycles. The molecule has 2 heterocycles. The topological polar surface area (TPSA) is 72.3 Å². The van der Waals surface area contributed by atoms with Crippen molar-refractivity contribution in [3.05, 3.63) is 48.7 Å². The van der Waals surface area contributed by atoms with Gasteiger partial charge in [-0.05, 0) is 24.3 Å². The fraction of sp³-hybridized carbons (Fsp3) is 0.316. The number of hydrogen-bond acceptors (Lipinski definition) is 6. The van der Waals surface area contributed by atoms with E-state index in [1.165, 1.54) is 11.8 Å². The number of nitrogens with zero attached hydrogens (tertiary/aromatic N) is 4. The monoisotopic (exact) mass is 367 g/mol. The number of nitrogens with one attached hydrogen (secondary N) is 1. The number of carbonyl (C=O) groups is 1. The summed E-state index contributed by atoms with van der Waals surface area (Å²) >= 11 is 1.43. The number of carbonyl (C=O) groups excluding carboxylic acids is 1. The SMILES string of the molecule is N#CCSc1ccccc1NC(=O)CN1CCN(c2ccccn2)CC1. The lowest BCUT2D eigenvalue weighted by molar-refractivity contribution is -0.117. The van der Waals surface area contributed by atoms with E-state index < -0.39 is 0 Å². The van der Waals surface area contributed by atoms with Gasteiger partial charge in [0.15, 0.2) is 0 Å². The first-order valence-electron chi connectivity index (χ1n) is 8.53. The van der Waals surface area contributed by atoms with Gasteiger partial charge >= 0.3 is 0 Å². The molecule has 0 atom stereocenters. The van der Waals surface area contributed by atoms with Crippen molar-refractivity contribution in [1.82, 2.24) is 9.88 Å². The molecule has 3 rings (SSSR count).